The number of ether oxygens (including phenoxy) is 1. The minimum Gasteiger partial charge on any atom is -0.491 e. The first-order valence-electron chi connectivity index (χ1n) is 8.22. The summed E-state index contributed by atoms with van der Waals surface area (Å²) in [7, 11) is 0. The number of benzene rings is 1. The Hall–Kier alpha value is -1.06. The summed E-state index contributed by atoms with van der Waals surface area (Å²) >= 11 is 0. The van der Waals surface area contributed by atoms with Crippen molar-refractivity contribution in [3.8, 4) is 5.75 Å². The van der Waals surface area contributed by atoms with E-state index in [0.717, 1.165) is 37.0 Å². The van der Waals surface area contributed by atoms with Gasteiger partial charge in [0, 0.05) is 12.0 Å². The molecule has 0 aromatic heterocycles. The quantitative estimate of drug-likeness (QED) is 0.811. The second kappa shape index (κ2) is 7.28. The molecule has 1 aromatic rings. The second-order valence-electron chi connectivity index (χ2n) is 6.62. The molecule has 1 fully saturated rings. The van der Waals surface area contributed by atoms with E-state index in [1.165, 1.54) is 12.8 Å². The minimum absolute atomic E-state index is 0.138. The number of hydrogen-bond donors (Lipinski definition) is 2. The van der Waals surface area contributed by atoms with Crippen LogP contribution in [-0.2, 0) is 0 Å². The van der Waals surface area contributed by atoms with E-state index in [2.05, 4.69) is 0 Å². The van der Waals surface area contributed by atoms with Gasteiger partial charge in [0.15, 0.2) is 0 Å². The van der Waals surface area contributed by atoms with Crippen LogP contribution in [0.2, 0.25) is 0 Å². The van der Waals surface area contributed by atoms with Crippen LogP contribution in [0.3, 0.4) is 0 Å². The Balaban J connectivity index is 2.22. The van der Waals surface area contributed by atoms with Gasteiger partial charge >= 0.3 is 0 Å². The van der Waals surface area contributed by atoms with Gasteiger partial charge in [-0.25, -0.2) is 0 Å². The smallest absolute Gasteiger partial charge is 0.120 e. The summed E-state index contributed by atoms with van der Waals surface area (Å²) in [5, 5.41) is 10.9. The molecule has 3 N–H and O–H groups in total. The molecule has 0 heterocycles. The summed E-state index contributed by atoms with van der Waals surface area (Å²) in [5.74, 6) is 0.822. The molecule has 1 aliphatic rings. The van der Waals surface area contributed by atoms with E-state index in [4.69, 9.17) is 10.5 Å². The van der Waals surface area contributed by atoms with Crippen LogP contribution in [0.15, 0.2) is 24.3 Å². The third-order valence-corrected chi connectivity index (χ3v) is 4.63. The number of hydrogen-bond acceptors (Lipinski definition) is 3. The molecule has 1 saturated carbocycles. The monoisotopic (exact) mass is 291 g/mol. The van der Waals surface area contributed by atoms with Gasteiger partial charge in [0.05, 0.1) is 12.2 Å². The highest BCUT2D eigenvalue weighted by molar-refractivity contribution is 5.31. The van der Waals surface area contributed by atoms with Crippen molar-refractivity contribution >= 4 is 0 Å². The predicted molar refractivity (Wildman–Crippen MR) is 86.4 cm³/mol. The topological polar surface area (TPSA) is 55.5 Å². The van der Waals surface area contributed by atoms with E-state index in [1.54, 1.807) is 0 Å². The minimum atomic E-state index is -0.503. The van der Waals surface area contributed by atoms with Crippen LogP contribution in [0, 0.1) is 5.41 Å². The average Bonchev–Trinajstić information content (AvgIpc) is 2.72. The fourth-order valence-electron chi connectivity index (χ4n) is 3.41. The van der Waals surface area contributed by atoms with E-state index in [-0.39, 0.29) is 11.5 Å². The Morgan fingerprint density at radius 3 is 2.43 bits per heavy atom. The molecule has 3 nitrogen and oxygen atoms in total. The van der Waals surface area contributed by atoms with Crippen molar-refractivity contribution in [3.05, 3.63) is 29.8 Å². The van der Waals surface area contributed by atoms with Crippen molar-refractivity contribution in [3.63, 3.8) is 0 Å². The molecule has 1 aliphatic carbocycles. The lowest BCUT2D eigenvalue weighted by Gasteiger charge is -2.36. The number of aliphatic hydroxyl groups is 1. The molecule has 21 heavy (non-hydrogen) atoms. The molecule has 1 unspecified atom stereocenters. The highest BCUT2D eigenvalue weighted by atomic mass is 16.5. The van der Waals surface area contributed by atoms with Crippen LogP contribution in [0.25, 0.3) is 0 Å². The molecule has 1 aromatic carbocycles. The van der Waals surface area contributed by atoms with Crippen molar-refractivity contribution in [1.29, 1.82) is 0 Å². The molecular weight excluding hydrogens is 262 g/mol. The van der Waals surface area contributed by atoms with Crippen molar-refractivity contribution in [1.82, 2.24) is 0 Å². The van der Waals surface area contributed by atoms with Crippen LogP contribution in [0.4, 0.5) is 0 Å². The zero-order valence-corrected chi connectivity index (χ0v) is 13.3. The van der Waals surface area contributed by atoms with Gasteiger partial charge in [-0.2, -0.15) is 0 Å². The van der Waals surface area contributed by atoms with E-state index in [0.29, 0.717) is 6.54 Å². The van der Waals surface area contributed by atoms with Crippen LogP contribution >= 0.6 is 0 Å². The van der Waals surface area contributed by atoms with Crippen molar-refractivity contribution < 1.29 is 9.84 Å². The summed E-state index contributed by atoms with van der Waals surface area (Å²) in [5.41, 5.74) is 6.83. The fourth-order valence-corrected chi connectivity index (χ4v) is 3.41. The number of rotatable bonds is 5. The lowest BCUT2D eigenvalue weighted by atomic mass is 9.73. The van der Waals surface area contributed by atoms with Crippen molar-refractivity contribution in [2.24, 2.45) is 11.1 Å². The fraction of sp³-hybridized carbons (Fsp3) is 0.667. The molecular formula is C18H29NO2. The maximum atomic E-state index is 10.9. The zero-order valence-electron chi connectivity index (χ0n) is 13.3. The first kappa shape index (κ1) is 16.3. The Morgan fingerprint density at radius 1 is 1.19 bits per heavy atom. The Bertz CT molecular complexity index is 437. The lowest BCUT2D eigenvalue weighted by Crippen LogP contribution is -2.36. The standard InChI is InChI=1S/C18H29NO2/c1-14(2)21-16-9-7-8-15(12-16)17(20)18(13-19)10-5-3-4-6-11-18/h7-9,12,14,17,20H,3-6,10-11,13,19H2,1-2H3. The van der Waals surface area contributed by atoms with Crippen LogP contribution in [-0.4, -0.2) is 17.8 Å². The summed E-state index contributed by atoms with van der Waals surface area (Å²) in [6.07, 6.45) is 6.50. The van der Waals surface area contributed by atoms with Crippen molar-refractivity contribution in [2.75, 3.05) is 6.54 Å². The third-order valence-electron chi connectivity index (χ3n) is 4.63. The van der Waals surface area contributed by atoms with E-state index < -0.39 is 6.10 Å². The first-order valence-corrected chi connectivity index (χ1v) is 8.22. The highest BCUT2D eigenvalue weighted by Crippen LogP contribution is 2.44. The molecule has 1 atom stereocenters. The maximum Gasteiger partial charge on any atom is 0.120 e. The number of nitrogens with two attached hydrogens (primary N) is 1. The SMILES string of the molecule is CC(C)Oc1cccc(C(O)C2(CN)CCCCCC2)c1. The van der Waals surface area contributed by atoms with Gasteiger partial charge in [0.1, 0.15) is 5.75 Å². The van der Waals surface area contributed by atoms with Crippen molar-refractivity contribution in [2.45, 2.75) is 64.6 Å². The molecule has 0 spiro atoms. The number of aliphatic hydroxyl groups excluding tert-OH is 1. The molecule has 0 bridgehead atoms. The average molecular weight is 291 g/mol. The summed E-state index contributed by atoms with van der Waals surface area (Å²) < 4.78 is 5.74. The van der Waals surface area contributed by atoms with Crippen LogP contribution < -0.4 is 10.5 Å². The van der Waals surface area contributed by atoms with Gasteiger partial charge in [-0.15, -0.1) is 0 Å². The largest absolute Gasteiger partial charge is 0.491 e. The van der Waals surface area contributed by atoms with E-state index in [1.807, 2.05) is 38.1 Å². The normalized spacial score (nSPS) is 20.0. The zero-order chi connectivity index (χ0) is 15.3. The van der Waals surface area contributed by atoms with Crippen LogP contribution in [0.1, 0.15) is 64.0 Å². The maximum absolute atomic E-state index is 10.9. The molecule has 118 valence electrons. The van der Waals surface area contributed by atoms with Gasteiger partial charge in [-0.3, -0.25) is 0 Å². The van der Waals surface area contributed by atoms with Gasteiger partial charge in [-0.05, 0) is 44.4 Å². The molecule has 2 rings (SSSR count). The van der Waals surface area contributed by atoms with E-state index in [9.17, 15) is 5.11 Å². The van der Waals surface area contributed by atoms with Gasteiger partial charge in [0.2, 0.25) is 0 Å². The Labute approximate surface area is 128 Å². The molecule has 0 amide bonds. The van der Waals surface area contributed by atoms with E-state index >= 15 is 0 Å². The van der Waals surface area contributed by atoms with Gasteiger partial charge in [-0.1, -0.05) is 37.8 Å². The Morgan fingerprint density at radius 2 is 1.86 bits per heavy atom. The van der Waals surface area contributed by atoms with Gasteiger partial charge < -0.3 is 15.6 Å². The molecule has 0 radical (unpaired) electrons. The second-order valence-corrected chi connectivity index (χ2v) is 6.62. The molecule has 0 saturated heterocycles. The highest BCUT2D eigenvalue weighted by Gasteiger charge is 2.37. The first-order chi connectivity index (χ1) is 10.1. The Kier molecular flexibility index (Phi) is 5.65. The predicted octanol–water partition coefficient (Wildman–Crippen LogP) is 3.81. The molecule has 3 heteroatoms. The molecule has 0 aliphatic heterocycles. The van der Waals surface area contributed by atoms with Gasteiger partial charge in [0.25, 0.3) is 0 Å². The third kappa shape index (κ3) is 3.98. The summed E-state index contributed by atoms with van der Waals surface area (Å²) in [6, 6.07) is 7.85. The van der Waals surface area contributed by atoms with Crippen LogP contribution in [0.5, 0.6) is 5.75 Å². The summed E-state index contributed by atoms with van der Waals surface area (Å²) in [6.45, 7) is 4.56. The summed E-state index contributed by atoms with van der Waals surface area (Å²) in [4.78, 5) is 0. The lowest BCUT2D eigenvalue weighted by molar-refractivity contribution is 0.0164.